The Hall–Kier alpha value is -1.43. The summed E-state index contributed by atoms with van der Waals surface area (Å²) in [5.41, 5.74) is -0.897. The van der Waals surface area contributed by atoms with Crippen LogP contribution in [0, 0.1) is 16.7 Å². The molecule has 25 heavy (non-hydrogen) atoms. The molecule has 1 aliphatic heterocycles. The van der Waals surface area contributed by atoms with E-state index in [-0.39, 0.29) is 23.9 Å². The molecule has 134 valence electrons. The molecule has 1 aliphatic carbocycles. The highest BCUT2D eigenvalue weighted by Gasteiger charge is 2.45. The molecule has 0 unspecified atom stereocenters. The summed E-state index contributed by atoms with van der Waals surface area (Å²) < 4.78 is 27.6. The molecule has 0 spiro atoms. The Morgan fingerprint density at radius 1 is 1.16 bits per heavy atom. The fourth-order valence-electron chi connectivity index (χ4n) is 3.56. The Balaban J connectivity index is 1.70. The van der Waals surface area contributed by atoms with Crippen molar-refractivity contribution in [2.45, 2.75) is 30.6 Å². The molecule has 1 amide bonds. The summed E-state index contributed by atoms with van der Waals surface area (Å²) in [5.74, 6) is -0.132. The number of nitrogens with zero attached hydrogens (tertiary/aromatic N) is 3. The van der Waals surface area contributed by atoms with Crippen molar-refractivity contribution in [1.82, 2.24) is 9.21 Å². The van der Waals surface area contributed by atoms with E-state index >= 15 is 0 Å². The first kappa shape index (κ1) is 18.4. The minimum absolute atomic E-state index is 0.132. The van der Waals surface area contributed by atoms with Gasteiger partial charge in [0.1, 0.15) is 5.41 Å². The first-order chi connectivity index (χ1) is 11.9. The van der Waals surface area contributed by atoms with E-state index in [4.69, 9.17) is 0 Å². The normalized spacial score (nSPS) is 21.0. The molecule has 1 saturated carbocycles. The molecule has 1 heterocycles. The van der Waals surface area contributed by atoms with Crippen molar-refractivity contribution < 1.29 is 13.2 Å². The summed E-state index contributed by atoms with van der Waals surface area (Å²) in [7, 11) is -3.57. The molecule has 0 radical (unpaired) electrons. The van der Waals surface area contributed by atoms with Gasteiger partial charge in [-0.15, -0.1) is 0 Å². The number of hydrogen-bond acceptors (Lipinski definition) is 4. The average Bonchev–Trinajstić information content (AvgIpc) is 3.11. The van der Waals surface area contributed by atoms with Crippen molar-refractivity contribution in [3.8, 4) is 6.07 Å². The second-order valence-electron chi connectivity index (χ2n) is 6.55. The number of rotatable bonds is 3. The molecule has 6 nitrogen and oxygen atoms in total. The molecule has 1 saturated heterocycles. The van der Waals surface area contributed by atoms with Crippen molar-refractivity contribution in [2.75, 3.05) is 26.2 Å². The summed E-state index contributed by atoms with van der Waals surface area (Å²) in [6.07, 6.45) is 3.02. The number of benzene rings is 1. The molecule has 0 bridgehead atoms. The standard InChI is InChI=1S/C17H20BrN3O3S/c18-14-4-3-5-15(12-14)25(23,24)21-10-8-20(9-11-21)16(22)17(13-19)6-1-2-7-17/h3-5,12H,1-2,6-11H2. The third kappa shape index (κ3) is 3.46. The predicted molar refractivity (Wildman–Crippen MR) is 96.0 cm³/mol. The molecule has 2 fully saturated rings. The van der Waals surface area contributed by atoms with Crippen LogP contribution in [0.4, 0.5) is 0 Å². The van der Waals surface area contributed by atoms with Gasteiger partial charge in [0.2, 0.25) is 15.9 Å². The number of nitriles is 1. The fourth-order valence-corrected chi connectivity index (χ4v) is 5.58. The summed E-state index contributed by atoms with van der Waals surface area (Å²) in [4.78, 5) is 14.6. The van der Waals surface area contributed by atoms with E-state index in [1.807, 2.05) is 0 Å². The highest BCUT2D eigenvalue weighted by atomic mass is 79.9. The maximum atomic E-state index is 12.8. The van der Waals surface area contributed by atoms with Crippen molar-refractivity contribution in [1.29, 1.82) is 5.26 Å². The highest BCUT2D eigenvalue weighted by Crippen LogP contribution is 2.39. The Kier molecular flexibility index (Phi) is 5.19. The van der Waals surface area contributed by atoms with Crippen molar-refractivity contribution in [3.05, 3.63) is 28.7 Å². The van der Waals surface area contributed by atoms with E-state index in [0.717, 1.165) is 12.8 Å². The average molecular weight is 426 g/mol. The quantitative estimate of drug-likeness (QED) is 0.743. The lowest BCUT2D eigenvalue weighted by atomic mass is 9.86. The molecular formula is C17H20BrN3O3S. The lowest BCUT2D eigenvalue weighted by molar-refractivity contribution is -0.140. The van der Waals surface area contributed by atoms with Crippen LogP contribution in [0.1, 0.15) is 25.7 Å². The van der Waals surface area contributed by atoms with Crippen LogP contribution in [-0.2, 0) is 14.8 Å². The highest BCUT2D eigenvalue weighted by molar-refractivity contribution is 9.10. The third-order valence-corrected chi connectivity index (χ3v) is 7.43. The van der Waals surface area contributed by atoms with Crippen LogP contribution in [0.25, 0.3) is 0 Å². The minimum atomic E-state index is -3.57. The van der Waals surface area contributed by atoms with E-state index in [1.54, 1.807) is 29.2 Å². The fraction of sp³-hybridized carbons (Fsp3) is 0.529. The van der Waals surface area contributed by atoms with Gasteiger partial charge >= 0.3 is 0 Å². The predicted octanol–water partition coefficient (Wildman–Crippen LogP) is 2.37. The molecule has 0 atom stereocenters. The molecule has 8 heteroatoms. The van der Waals surface area contributed by atoms with E-state index < -0.39 is 15.4 Å². The minimum Gasteiger partial charge on any atom is -0.339 e. The van der Waals surface area contributed by atoms with Gasteiger partial charge in [-0.3, -0.25) is 4.79 Å². The molecule has 2 aliphatic rings. The summed E-state index contributed by atoms with van der Waals surface area (Å²) >= 11 is 3.29. The van der Waals surface area contributed by atoms with Crippen LogP contribution >= 0.6 is 15.9 Å². The largest absolute Gasteiger partial charge is 0.339 e. The Morgan fingerprint density at radius 3 is 2.36 bits per heavy atom. The zero-order chi connectivity index (χ0) is 18.1. The Morgan fingerprint density at radius 2 is 1.80 bits per heavy atom. The zero-order valence-corrected chi connectivity index (χ0v) is 16.2. The lowest BCUT2D eigenvalue weighted by Gasteiger charge is -2.37. The van der Waals surface area contributed by atoms with Gasteiger partial charge in [0.25, 0.3) is 0 Å². The SMILES string of the molecule is N#CC1(C(=O)N2CCN(S(=O)(=O)c3cccc(Br)c3)CC2)CCCC1. The Bertz CT molecular complexity index is 805. The van der Waals surface area contributed by atoms with Crippen molar-refractivity contribution in [3.63, 3.8) is 0 Å². The smallest absolute Gasteiger partial charge is 0.243 e. The van der Waals surface area contributed by atoms with Gasteiger partial charge in [0, 0.05) is 30.7 Å². The number of carbonyl (C=O) groups excluding carboxylic acids is 1. The Labute approximate surface area is 156 Å². The van der Waals surface area contributed by atoms with E-state index in [0.29, 0.717) is 30.4 Å². The van der Waals surface area contributed by atoms with Crippen molar-refractivity contribution in [2.24, 2.45) is 5.41 Å². The number of carbonyl (C=O) groups is 1. The lowest BCUT2D eigenvalue weighted by Crippen LogP contribution is -2.53. The topological polar surface area (TPSA) is 81.5 Å². The van der Waals surface area contributed by atoms with Crippen LogP contribution in [-0.4, -0.2) is 49.7 Å². The second kappa shape index (κ2) is 7.06. The number of piperazine rings is 1. The number of hydrogen-bond donors (Lipinski definition) is 0. The van der Waals surface area contributed by atoms with E-state index in [9.17, 15) is 18.5 Å². The maximum absolute atomic E-state index is 12.8. The molecule has 1 aromatic carbocycles. The molecular weight excluding hydrogens is 406 g/mol. The number of amides is 1. The monoisotopic (exact) mass is 425 g/mol. The second-order valence-corrected chi connectivity index (χ2v) is 9.41. The zero-order valence-electron chi connectivity index (χ0n) is 13.8. The molecule has 1 aromatic rings. The van der Waals surface area contributed by atoms with Crippen LogP contribution in [0.3, 0.4) is 0 Å². The number of halogens is 1. The molecule has 0 aromatic heterocycles. The van der Waals surface area contributed by atoms with Crippen LogP contribution < -0.4 is 0 Å². The van der Waals surface area contributed by atoms with Gasteiger partial charge in [-0.1, -0.05) is 34.8 Å². The summed E-state index contributed by atoms with van der Waals surface area (Å²) in [6, 6.07) is 8.83. The molecule has 3 rings (SSSR count). The van der Waals surface area contributed by atoms with Gasteiger partial charge in [-0.2, -0.15) is 9.57 Å². The van der Waals surface area contributed by atoms with Crippen LogP contribution in [0.2, 0.25) is 0 Å². The van der Waals surface area contributed by atoms with E-state index in [2.05, 4.69) is 22.0 Å². The van der Waals surface area contributed by atoms with Gasteiger partial charge in [0.15, 0.2) is 0 Å². The number of sulfonamides is 1. The first-order valence-corrected chi connectivity index (χ1v) is 10.6. The van der Waals surface area contributed by atoms with Crippen LogP contribution in [0.15, 0.2) is 33.6 Å². The summed E-state index contributed by atoms with van der Waals surface area (Å²) in [6.45, 7) is 1.16. The van der Waals surface area contributed by atoms with Gasteiger partial charge in [0.05, 0.1) is 11.0 Å². The van der Waals surface area contributed by atoms with E-state index in [1.165, 1.54) is 4.31 Å². The van der Waals surface area contributed by atoms with Crippen LogP contribution in [0.5, 0.6) is 0 Å². The maximum Gasteiger partial charge on any atom is 0.243 e. The van der Waals surface area contributed by atoms with Gasteiger partial charge in [-0.05, 0) is 31.0 Å². The van der Waals surface area contributed by atoms with Crippen molar-refractivity contribution >= 4 is 31.9 Å². The van der Waals surface area contributed by atoms with Gasteiger partial charge < -0.3 is 4.90 Å². The first-order valence-electron chi connectivity index (χ1n) is 8.35. The third-order valence-electron chi connectivity index (χ3n) is 5.04. The summed E-state index contributed by atoms with van der Waals surface area (Å²) in [5, 5.41) is 9.47. The van der Waals surface area contributed by atoms with Gasteiger partial charge in [-0.25, -0.2) is 8.42 Å². The molecule has 0 N–H and O–H groups in total.